The first-order valence-corrected chi connectivity index (χ1v) is 8.52. The van der Waals surface area contributed by atoms with E-state index in [2.05, 4.69) is 6.58 Å². The Morgan fingerprint density at radius 3 is 2.48 bits per heavy atom. The zero-order valence-electron chi connectivity index (χ0n) is 14.9. The van der Waals surface area contributed by atoms with Crippen LogP contribution in [0, 0.1) is 11.8 Å². The van der Waals surface area contributed by atoms with E-state index in [1.54, 1.807) is 0 Å². The lowest BCUT2D eigenvalue weighted by Crippen LogP contribution is -2.60. The maximum Gasteiger partial charge on any atom is 0.337 e. The number of carbonyl (C=O) groups excluding carboxylic acids is 1. The van der Waals surface area contributed by atoms with Gasteiger partial charge in [0.15, 0.2) is 6.29 Å². The van der Waals surface area contributed by atoms with Crippen LogP contribution in [0.1, 0.15) is 6.42 Å². The van der Waals surface area contributed by atoms with Crippen molar-refractivity contribution >= 4 is 5.97 Å². The van der Waals surface area contributed by atoms with Crippen molar-refractivity contribution < 1.29 is 49.3 Å². The van der Waals surface area contributed by atoms with E-state index in [1.165, 1.54) is 13.2 Å². The number of carbonyl (C=O) groups is 1. The average Bonchev–Trinajstić information content (AvgIpc) is 2.68. The third-order valence-corrected chi connectivity index (χ3v) is 4.76. The second-order valence-electron chi connectivity index (χ2n) is 6.33. The predicted molar refractivity (Wildman–Crippen MR) is 88.7 cm³/mol. The maximum absolute atomic E-state index is 11.9. The standard InChI is InChI=1S/C17H26O10/c1-3-8-9(4-5-18)10(15(23)24-2)7-25-16(8)27-17-14(22)13(21)12(20)11(6-19)26-17/h3,7-9,11-14,16-22H,1,4-6H2,2H3. The van der Waals surface area contributed by atoms with Gasteiger partial charge in [0.25, 0.3) is 0 Å². The minimum absolute atomic E-state index is 0.199. The fraction of sp³-hybridized carbons (Fsp3) is 0.706. The molecule has 8 atom stereocenters. The molecule has 0 spiro atoms. The first kappa shape index (κ1) is 21.8. The molecule has 0 aliphatic carbocycles. The number of rotatable bonds is 7. The number of aliphatic hydroxyl groups is 5. The van der Waals surface area contributed by atoms with Gasteiger partial charge in [0, 0.05) is 18.4 Å². The van der Waals surface area contributed by atoms with Crippen LogP contribution in [-0.2, 0) is 23.7 Å². The van der Waals surface area contributed by atoms with Gasteiger partial charge in [-0.25, -0.2) is 4.79 Å². The van der Waals surface area contributed by atoms with Gasteiger partial charge in [0.05, 0.1) is 25.6 Å². The first-order chi connectivity index (χ1) is 12.9. The van der Waals surface area contributed by atoms with Crippen LogP contribution in [0.15, 0.2) is 24.5 Å². The van der Waals surface area contributed by atoms with E-state index in [1.807, 2.05) is 0 Å². The first-order valence-electron chi connectivity index (χ1n) is 8.52. The normalized spacial score (nSPS) is 39.3. The topological polar surface area (TPSA) is 155 Å². The van der Waals surface area contributed by atoms with Crippen molar-refractivity contribution in [3.05, 3.63) is 24.5 Å². The highest BCUT2D eigenvalue weighted by Gasteiger charge is 2.47. The van der Waals surface area contributed by atoms with Crippen LogP contribution in [0.5, 0.6) is 0 Å². The maximum atomic E-state index is 11.9. The van der Waals surface area contributed by atoms with Crippen LogP contribution in [0.4, 0.5) is 0 Å². The van der Waals surface area contributed by atoms with Crippen molar-refractivity contribution in [1.82, 2.24) is 0 Å². The fourth-order valence-electron chi connectivity index (χ4n) is 3.23. The third kappa shape index (κ3) is 4.49. The highest BCUT2D eigenvalue weighted by molar-refractivity contribution is 5.88. The Labute approximate surface area is 156 Å². The molecule has 2 aliphatic heterocycles. The quantitative estimate of drug-likeness (QED) is 0.244. The van der Waals surface area contributed by atoms with Crippen LogP contribution >= 0.6 is 0 Å². The lowest BCUT2D eigenvalue weighted by Gasteiger charge is -2.43. The molecule has 0 bridgehead atoms. The molecule has 0 aromatic carbocycles. The molecule has 2 heterocycles. The number of methoxy groups -OCH3 is 1. The summed E-state index contributed by atoms with van der Waals surface area (Å²) >= 11 is 0. The molecule has 0 saturated carbocycles. The Bertz CT molecular complexity index is 548. The molecule has 5 N–H and O–H groups in total. The van der Waals surface area contributed by atoms with Crippen LogP contribution in [0.2, 0.25) is 0 Å². The van der Waals surface area contributed by atoms with Crippen molar-refractivity contribution in [1.29, 1.82) is 0 Å². The fourth-order valence-corrected chi connectivity index (χ4v) is 3.23. The summed E-state index contributed by atoms with van der Waals surface area (Å²) in [5.41, 5.74) is 0.199. The largest absolute Gasteiger partial charge is 0.471 e. The second-order valence-corrected chi connectivity index (χ2v) is 6.33. The molecule has 10 nitrogen and oxygen atoms in total. The summed E-state index contributed by atoms with van der Waals surface area (Å²) in [5.74, 6) is -1.75. The summed E-state index contributed by atoms with van der Waals surface area (Å²) in [6.45, 7) is 2.89. The molecule has 0 aromatic heterocycles. The van der Waals surface area contributed by atoms with E-state index >= 15 is 0 Å². The monoisotopic (exact) mass is 390 g/mol. The summed E-state index contributed by atoms with van der Waals surface area (Å²) < 4.78 is 21.1. The van der Waals surface area contributed by atoms with E-state index in [0.29, 0.717) is 0 Å². The molecule has 2 aliphatic rings. The smallest absolute Gasteiger partial charge is 0.337 e. The van der Waals surface area contributed by atoms with E-state index in [0.717, 1.165) is 6.26 Å². The molecule has 8 unspecified atom stereocenters. The molecular formula is C17H26O10. The van der Waals surface area contributed by atoms with Gasteiger partial charge >= 0.3 is 5.97 Å². The summed E-state index contributed by atoms with van der Waals surface area (Å²) in [5, 5.41) is 48.4. The molecule has 27 heavy (non-hydrogen) atoms. The van der Waals surface area contributed by atoms with Crippen molar-refractivity contribution in [2.45, 2.75) is 43.4 Å². The highest BCUT2D eigenvalue weighted by Crippen LogP contribution is 2.36. The van der Waals surface area contributed by atoms with Gasteiger partial charge in [-0.05, 0) is 6.42 Å². The third-order valence-electron chi connectivity index (χ3n) is 4.76. The zero-order valence-corrected chi connectivity index (χ0v) is 14.9. The summed E-state index contributed by atoms with van der Waals surface area (Å²) in [6.07, 6.45) is -5.47. The zero-order chi connectivity index (χ0) is 20.1. The molecule has 10 heteroatoms. The molecule has 1 saturated heterocycles. The van der Waals surface area contributed by atoms with E-state index in [4.69, 9.17) is 18.9 Å². The Hall–Kier alpha value is -1.53. The van der Waals surface area contributed by atoms with E-state index < -0.39 is 61.4 Å². The van der Waals surface area contributed by atoms with Crippen molar-refractivity contribution in [3.63, 3.8) is 0 Å². The molecule has 1 fully saturated rings. The Morgan fingerprint density at radius 1 is 1.22 bits per heavy atom. The molecule has 0 radical (unpaired) electrons. The van der Waals surface area contributed by atoms with Gasteiger partial charge < -0.3 is 44.5 Å². The molecular weight excluding hydrogens is 364 g/mol. The Kier molecular flexibility index (Phi) is 7.74. The summed E-state index contributed by atoms with van der Waals surface area (Å²) in [7, 11) is 1.22. The second kappa shape index (κ2) is 9.60. The predicted octanol–water partition coefficient (Wildman–Crippen LogP) is -1.98. The average molecular weight is 390 g/mol. The van der Waals surface area contributed by atoms with Gasteiger partial charge in [-0.2, -0.15) is 0 Å². The summed E-state index contributed by atoms with van der Waals surface area (Å²) in [4.78, 5) is 11.9. The number of aliphatic hydroxyl groups excluding tert-OH is 5. The minimum atomic E-state index is -1.60. The number of esters is 1. The van der Waals surface area contributed by atoms with Crippen molar-refractivity contribution in [2.75, 3.05) is 20.3 Å². The van der Waals surface area contributed by atoms with Gasteiger partial charge in [-0.3, -0.25) is 0 Å². The van der Waals surface area contributed by atoms with Crippen LogP contribution in [0.25, 0.3) is 0 Å². The van der Waals surface area contributed by atoms with Gasteiger partial charge in [0.1, 0.15) is 24.4 Å². The van der Waals surface area contributed by atoms with Gasteiger partial charge in [-0.1, -0.05) is 6.08 Å². The molecule has 2 rings (SSSR count). The van der Waals surface area contributed by atoms with Gasteiger partial charge in [0.2, 0.25) is 6.29 Å². The van der Waals surface area contributed by atoms with Crippen LogP contribution < -0.4 is 0 Å². The SMILES string of the molecule is C=CC1C(OC2OC(CO)C(O)C(O)C2O)OC=C(C(=O)OC)C1CCO. The Balaban J connectivity index is 2.20. The highest BCUT2D eigenvalue weighted by atomic mass is 16.8. The molecule has 0 amide bonds. The molecule has 0 aromatic rings. The molecule has 154 valence electrons. The lowest BCUT2D eigenvalue weighted by atomic mass is 9.82. The van der Waals surface area contributed by atoms with E-state index in [9.17, 15) is 30.3 Å². The van der Waals surface area contributed by atoms with Crippen molar-refractivity contribution in [3.8, 4) is 0 Å². The number of hydrogen-bond acceptors (Lipinski definition) is 10. The van der Waals surface area contributed by atoms with E-state index in [-0.39, 0.29) is 18.6 Å². The van der Waals surface area contributed by atoms with Crippen LogP contribution in [0.3, 0.4) is 0 Å². The van der Waals surface area contributed by atoms with Crippen LogP contribution in [-0.4, -0.2) is 88.8 Å². The number of hydrogen-bond donors (Lipinski definition) is 5. The summed E-state index contributed by atoms with van der Waals surface area (Å²) in [6, 6.07) is 0. The Morgan fingerprint density at radius 2 is 1.93 bits per heavy atom. The van der Waals surface area contributed by atoms with Gasteiger partial charge in [-0.15, -0.1) is 6.58 Å². The minimum Gasteiger partial charge on any atom is -0.471 e. The van der Waals surface area contributed by atoms with Crippen molar-refractivity contribution in [2.24, 2.45) is 11.8 Å². The lowest BCUT2D eigenvalue weighted by molar-refractivity contribution is -0.339. The number of ether oxygens (including phenoxy) is 4.